The summed E-state index contributed by atoms with van der Waals surface area (Å²) in [5.41, 5.74) is 8.79. The normalized spacial score (nSPS) is 18.9. The number of nitrogens with zero attached hydrogens (tertiary/aromatic N) is 1. The molecule has 1 heterocycles. The molecule has 0 fully saturated rings. The van der Waals surface area contributed by atoms with Gasteiger partial charge in [0.25, 0.3) is 0 Å². The van der Waals surface area contributed by atoms with E-state index >= 15 is 0 Å². The first-order valence-corrected chi connectivity index (χ1v) is 9.07. The molecule has 3 nitrogen and oxygen atoms in total. The summed E-state index contributed by atoms with van der Waals surface area (Å²) in [5, 5.41) is 8.74. The maximum atomic E-state index is 6.50. The van der Waals surface area contributed by atoms with Gasteiger partial charge in [-0.05, 0) is 23.3 Å². The zero-order chi connectivity index (χ0) is 17.9. The van der Waals surface area contributed by atoms with Crippen molar-refractivity contribution in [1.29, 1.82) is 0 Å². The third-order valence-electron chi connectivity index (χ3n) is 4.83. The molecule has 0 saturated heterocycles. The van der Waals surface area contributed by atoms with E-state index in [1.165, 1.54) is 11.1 Å². The molecule has 2 N–H and O–H groups in total. The second-order valence-electron chi connectivity index (χ2n) is 6.31. The Morgan fingerprint density at radius 3 is 2.35 bits per heavy atom. The number of halogens is 1. The molecule has 0 aromatic heterocycles. The minimum atomic E-state index is 0.0528. The van der Waals surface area contributed by atoms with E-state index in [4.69, 9.17) is 16.7 Å². The summed E-state index contributed by atoms with van der Waals surface area (Å²) in [7, 11) is 1.95. The molecule has 0 bridgehead atoms. The van der Waals surface area contributed by atoms with Crippen molar-refractivity contribution in [2.75, 3.05) is 12.4 Å². The summed E-state index contributed by atoms with van der Waals surface area (Å²) in [6.45, 7) is 0. The Kier molecular flexibility index (Phi) is 4.63. The third-order valence-corrected chi connectivity index (χ3v) is 5.16. The number of anilines is 1. The van der Waals surface area contributed by atoms with E-state index in [1.54, 1.807) is 0 Å². The number of para-hydroxylation sites is 1. The first-order chi connectivity index (χ1) is 12.8. The van der Waals surface area contributed by atoms with E-state index in [0.717, 1.165) is 17.0 Å². The molecule has 0 spiro atoms. The van der Waals surface area contributed by atoms with Gasteiger partial charge in [-0.25, -0.2) is 0 Å². The van der Waals surface area contributed by atoms with Crippen LogP contribution in [0.1, 0.15) is 28.7 Å². The largest absolute Gasteiger partial charge is 0.388 e. The highest BCUT2D eigenvalue weighted by Crippen LogP contribution is 2.41. The Labute approximate surface area is 158 Å². The second-order valence-corrected chi connectivity index (χ2v) is 6.72. The predicted molar refractivity (Wildman–Crippen MR) is 109 cm³/mol. The number of hydrogen-bond acceptors (Lipinski definition) is 3. The molecule has 26 heavy (non-hydrogen) atoms. The van der Waals surface area contributed by atoms with Gasteiger partial charge < -0.3 is 10.7 Å². The minimum absolute atomic E-state index is 0.0528. The fourth-order valence-electron chi connectivity index (χ4n) is 3.59. The fourth-order valence-corrected chi connectivity index (χ4v) is 3.82. The quantitative estimate of drug-likeness (QED) is 0.668. The maximum absolute atomic E-state index is 6.50. The van der Waals surface area contributed by atoms with Gasteiger partial charge in [0, 0.05) is 23.3 Å². The molecule has 1 aliphatic heterocycles. The van der Waals surface area contributed by atoms with Crippen molar-refractivity contribution >= 4 is 23.0 Å². The van der Waals surface area contributed by atoms with E-state index in [9.17, 15) is 0 Å². The van der Waals surface area contributed by atoms with Crippen LogP contribution < -0.4 is 10.7 Å². The van der Waals surface area contributed by atoms with Crippen molar-refractivity contribution in [3.05, 3.63) is 101 Å². The van der Waals surface area contributed by atoms with E-state index in [0.29, 0.717) is 5.02 Å². The highest BCUT2D eigenvalue weighted by molar-refractivity contribution is 6.34. The van der Waals surface area contributed by atoms with Gasteiger partial charge in [-0.2, -0.15) is 5.10 Å². The molecular weight excluding hydrogens is 342 g/mol. The average molecular weight is 362 g/mol. The number of hydrogen-bond donors (Lipinski definition) is 2. The average Bonchev–Trinajstić information content (AvgIpc) is 3.13. The van der Waals surface area contributed by atoms with Crippen molar-refractivity contribution in [1.82, 2.24) is 5.43 Å². The summed E-state index contributed by atoms with van der Waals surface area (Å²) < 4.78 is 0. The molecule has 0 aliphatic carbocycles. The van der Waals surface area contributed by atoms with Gasteiger partial charge in [0.05, 0.1) is 17.7 Å². The van der Waals surface area contributed by atoms with E-state index in [-0.39, 0.29) is 12.0 Å². The van der Waals surface area contributed by atoms with Crippen molar-refractivity contribution in [3.8, 4) is 0 Å². The standard InChI is InChI=1S/C22H20ClN3/c1-24-19-14-8-6-12-17(19)20-21(15-9-3-2-4-10-15)25-26-22(20)16-11-5-7-13-18(16)23/h2-14,20-21,24-25H,1H3. The van der Waals surface area contributed by atoms with E-state index in [1.807, 2.05) is 43.4 Å². The molecule has 0 saturated carbocycles. The summed E-state index contributed by atoms with van der Waals surface area (Å²) in [6.07, 6.45) is 0. The fraction of sp³-hybridized carbons (Fsp3) is 0.136. The topological polar surface area (TPSA) is 36.4 Å². The van der Waals surface area contributed by atoms with Crippen LogP contribution in [0.2, 0.25) is 5.02 Å². The summed E-state index contributed by atoms with van der Waals surface area (Å²) in [4.78, 5) is 0. The van der Waals surface area contributed by atoms with Gasteiger partial charge in [0.1, 0.15) is 0 Å². The lowest BCUT2D eigenvalue weighted by atomic mass is 9.81. The molecule has 0 amide bonds. The second kappa shape index (κ2) is 7.22. The Balaban J connectivity index is 1.86. The molecule has 1 aliphatic rings. The van der Waals surface area contributed by atoms with Crippen molar-refractivity contribution in [2.24, 2.45) is 5.10 Å². The van der Waals surface area contributed by atoms with Crippen molar-refractivity contribution in [2.45, 2.75) is 12.0 Å². The van der Waals surface area contributed by atoms with Crippen LogP contribution in [0.15, 0.2) is 84.0 Å². The van der Waals surface area contributed by atoms with Gasteiger partial charge >= 0.3 is 0 Å². The summed E-state index contributed by atoms with van der Waals surface area (Å²) in [5.74, 6) is 0.0564. The molecule has 3 aromatic rings. The minimum Gasteiger partial charge on any atom is -0.388 e. The van der Waals surface area contributed by atoms with Crippen LogP contribution in [0, 0.1) is 0 Å². The molecule has 130 valence electrons. The number of rotatable bonds is 4. The molecule has 2 atom stereocenters. The van der Waals surface area contributed by atoms with Gasteiger partial charge in [-0.3, -0.25) is 0 Å². The smallest absolute Gasteiger partial charge is 0.0815 e. The van der Waals surface area contributed by atoms with E-state index < -0.39 is 0 Å². The van der Waals surface area contributed by atoms with E-state index in [2.05, 4.69) is 53.2 Å². The molecule has 2 unspecified atom stereocenters. The van der Waals surface area contributed by atoms with Crippen LogP contribution in [0.25, 0.3) is 0 Å². The van der Waals surface area contributed by atoms with Crippen molar-refractivity contribution < 1.29 is 0 Å². The highest BCUT2D eigenvalue weighted by atomic mass is 35.5. The molecule has 4 rings (SSSR count). The van der Waals surface area contributed by atoms with Crippen LogP contribution in [0.4, 0.5) is 5.69 Å². The molecule has 4 heteroatoms. The Hall–Kier alpha value is -2.78. The van der Waals surface area contributed by atoms with Gasteiger partial charge in [-0.1, -0.05) is 78.3 Å². The highest BCUT2D eigenvalue weighted by Gasteiger charge is 2.36. The number of nitrogens with one attached hydrogen (secondary N) is 2. The van der Waals surface area contributed by atoms with Gasteiger partial charge in [0.15, 0.2) is 0 Å². The Bertz CT molecular complexity index is 937. The van der Waals surface area contributed by atoms with Crippen LogP contribution in [0.5, 0.6) is 0 Å². The lowest BCUT2D eigenvalue weighted by molar-refractivity contribution is 0.574. The number of benzene rings is 3. The first kappa shape index (κ1) is 16.7. The lowest BCUT2D eigenvalue weighted by Gasteiger charge is -2.24. The van der Waals surface area contributed by atoms with Gasteiger partial charge in [-0.15, -0.1) is 0 Å². The SMILES string of the molecule is CNc1ccccc1C1C(c2ccccc2Cl)=NNC1c1ccccc1. The lowest BCUT2D eigenvalue weighted by Crippen LogP contribution is -2.21. The third kappa shape index (κ3) is 2.95. The Morgan fingerprint density at radius 2 is 1.58 bits per heavy atom. The van der Waals surface area contributed by atoms with Crippen LogP contribution >= 0.6 is 11.6 Å². The summed E-state index contributed by atoms with van der Waals surface area (Å²) >= 11 is 6.50. The van der Waals surface area contributed by atoms with Crippen molar-refractivity contribution in [3.63, 3.8) is 0 Å². The first-order valence-electron chi connectivity index (χ1n) is 8.69. The van der Waals surface area contributed by atoms with Crippen LogP contribution in [-0.2, 0) is 0 Å². The maximum Gasteiger partial charge on any atom is 0.0815 e. The van der Waals surface area contributed by atoms with Crippen LogP contribution in [-0.4, -0.2) is 12.8 Å². The zero-order valence-electron chi connectivity index (χ0n) is 14.5. The molecule has 3 aromatic carbocycles. The van der Waals surface area contributed by atoms with Crippen LogP contribution in [0.3, 0.4) is 0 Å². The van der Waals surface area contributed by atoms with Gasteiger partial charge in [0.2, 0.25) is 0 Å². The number of hydrazone groups is 1. The Morgan fingerprint density at radius 1 is 0.885 bits per heavy atom. The summed E-state index contributed by atoms with van der Waals surface area (Å²) in [6, 6.07) is 26.7. The zero-order valence-corrected chi connectivity index (χ0v) is 15.2. The predicted octanol–water partition coefficient (Wildman–Crippen LogP) is 5.21. The molecular formula is C22H20ClN3. The monoisotopic (exact) mass is 361 g/mol. The molecule has 0 radical (unpaired) electrons.